The summed E-state index contributed by atoms with van der Waals surface area (Å²) in [5.74, 6) is 0.706. The fraction of sp³-hybridized carbons (Fsp3) is 0.909. The van der Waals surface area contributed by atoms with Crippen molar-refractivity contribution in [2.24, 2.45) is 5.92 Å². The van der Waals surface area contributed by atoms with Gasteiger partial charge in [-0.1, -0.05) is 27.7 Å². The van der Waals surface area contributed by atoms with Crippen molar-refractivity contribution in [2.45, 2.75) is 46.6 Å². The van der Waals surface area contributed by atoms with Gasteiger partial charge in [-0.15, -0.1) is 0 Å². The molecule has 0 aromatic rings. The average molecular weight is 200 g/mol. The lowest BCUT2D eigenvalue weighted by molar-refractivity contribution is -0.121. The van der Waals surface area contributed by atoms with Crippen molar-refractivity contribution in [2.75, 3.05) is 13.1 Å². The molecule has 3 nitrogen and oxygen atoms in total. The van der Waals surface area contributed by atoms with Crippen LogP contribution in [0.15, 0.2) is 0 Å². The maximum absolute atomic E-state index is 11.3. The van der Waals surface area contributed by atoms with Crippen molar-refractivity contribution in [3.63, 3.8) is 0 Å². The van der Waals surface area contributed by atoms with E-state index < -0.39 is 0 Å². The molecule has 0 rings (SSSR count). The Hall–Kier alpha value is -0.570. The minimum Gasteiger partial charge on any atom is -0.356 e. The largest absolute Gasteiger partial charge is 0.356 e. The number of carbonyl (C=O) groups is 1. The maximum atomic E-state index is 11.3. The normalized spacial score (nSPS) is 11.0. The first kappa shape index (κ1) is 13.4. The summed E-state index contributed by atoms with van der Waals surface area (Å²) in [7, 11) is 0. The second-order valence-corrected chi connectivity index (χ2v) is 4.41. The van der Waals surface area contributed by atoms with Crippen LogP contribution in [-0.2, 0) is 4.79 Å². The molecular formula is C11H24N2O. The van der Waals surface area contributed by atoms with Crippen LogP contribution in [0.25, 0.3) is 0 Å². The van der Waals surface area contributed by atoms with Gasteiger partial charge in [0, 0.05) is 19.0 Å². The topological polar surface area (TPSA) is 41.1 Å². The summed E-state index contributed by atoms with van der Waals surface area (Å²) in [6.45, 7) is 10.1. The van der Waals surface area contributed by atoms with E-state index in [4.69, 9.17) is 0 Å². The first-order valence-electron chi connectivity index (χ1n) is 5.52. The zero-order valence-electron chi connectivity index (χ0n) is 9.89. The molecule has 14 heavy (non-hydrogen) atoms. The molecule has 0 aromatic heterocycles. The molecule has 0 aliphatic carbocycles. The molecular weight excluding hydrogens is 176 g/mol. The van der Waals surface area contributed by atoms with Crippen molar-refractivity contribution in [1.82, 2.24) is 10.6 Å². The van der Waals surface area contributed by atoms with Gasteiger partial charge >= 0.3 is 0 Å². The van der Waals surface area contributed by atoms with Crippen molar-refractivity contribution in [3.8, 4) is 0 Å². The zero-order valence-corrected chi connectivity index (χ0v) is 9.89. The Morgan fingerprint density at radius 1 is 1.21 bits per heavy atom. The lowest BCUT2D eigenvalue weighted by Crippen LogP contribution is -2.29. The van der Waals surface area contributed by atoms with Crippen molar-refractivity contribution < 1.29 is 4.79 Å². The Labute approximate surface area is 87.6 Å². The third-order valence-corrected chi connectivity index (χ3v) is 1.84. The molecule has 0 spiro atoms. The van der Waals surface area contributed by atoms with E-state index in [1.807, 2.05) is 0 Å². The predicted octanol–water partition coefficient (Wildman–Crippen LogP) is 1.54. The molecule has 0 saturated heterocycles. The van der Waals surface area contributed by atoms with E-state index in [-0.39, 0.29) is 5.91 Å². The summed E-state index contributed by atoms with van der Waals surface area (Å²) in [5.41, 5.74) is 0. The monoisotopic (exact) mass is 200 g/mol. The van der Waals surface area contributed by atoms with E-state index in [0.29, 0.717) is 18.4 Å². The van der Waals surface area contributed by atoms with Gasteiger partial charge in [-0.05, 0) is 18.9 Å². The van der Waals surface area contributed by atoms with Gasteiger partial charge in [-0.3, -0.25) is 4.79 Å². The van der Waals surface area contributed by atoms with Gasteiger partial charge in [0.05, 0.1) is 0 Å². The van der Waals surface area contributed by atoms with Crippen LogP contribution in [-0.4, -0.2) is 25.0 Å². The molecule has 0 heterocycles. The highest BCUT2D eigenvalue weighted by molar-refractivity contribution is 5.75. The molecule has 1 amide bonds. The highest BCUT2D eigenvalue weighted by atomic mass is 16.1. The van der Waals surface area contributed by atoms with Gasteiger partial charge in [0.25, 0.3) is 0 Å². The third kappa shape index (κ3) is 9.52. The van der Waals surface area contributed by atoms with E-state index >= 15 is 0 Å². The number of amides is 1. The van der Waals surface area contributed by atoms with E-state index in [0.717, 1.165) is 19.5 Å². The number of nitrogens with one attached hydrogen (secondary N) is 2. The van der Waals surface area contributed by atoms with Gasteiger partial charge in [0.1, 0.15) is 0 Å². The third-order valence-electron chi connectivity index (χ3n) is 1.84. The molecule has 0 radical (unpaired) electrons. The second-order valence-electron chi connectivity index (χ2n) is 4.41. The van der Waals surface area contributed by atoms with Crippen LogP contribution in [0.3, 0.4) is 0 Å². The van der Waals surface area contributed by atoms with Crippen LogP contribution in [0.1, 0.15) is 40.5 Å². The average Bonchev–Trinajstić information content (AvgIpc) is 2.08. The SMILES string of the molecule is CC(C)CNC(=O)CCCNC(C)C. The molecule has 0 saturated carbocycles. The summed E-state index contributed by atoms with van der Waals surface area (Å²) < 4.78 is 0. The number of hydrogen-bond donors (Lipinski definition) is 2. The van der Waals surface area contributed by atoms with Crippen LogP contribution in [0.5, 0.6) is 0 Å². The minimum atomic E-state index is 0.171. The minimum absolute atomic E-state index is 0.171. The molecule has 0 atom stereocenters. The lowest BCUT2D eigenvalue weighted by Gasteiger charge is -2.09. The van der Waals surface area contributed by atoms with Gasteiger partial charge in [0.2, 0.25) is 5.91 Å². The summed E-state index contributed by atoms with van der Waals surface area (Å²) in [5, 5.41) is 6.19. The van der Waals surface area contributed by atoms with Crippen LogP contribution < -0.4 is 10.6 Å². The van der Waals surface area contributed by atoms with Crippen LogP contribution in [0.4, 0.5) is 0 Å². The van der Waals surface area contributed by atoms with Gasteiger partial charge < -0.3 is 10.6 Å². The molecule has 0 fully saturated rings. The van der Waals surface area contributed by atoms with Crippen LogP contribution in [0, 0.1) is 5.92 Å². The summed E-state index contributed by atoms with van der Waals surface area (Å²) in [6, 6.07) is 0.508. The Kier molecular flexibility index (Phi) is 7.48. The molecule has 3 heteroatoms. The maximum Gasteiger partial charge on any atom is 0.220 e. The van der Waals surface area contributed by atoms with Gasteiger partial charge in [0.15, 0.2) is 0 Å². The fourth-order valence-electron chi connectivity index (χ4n) is 1.05. The molecule has 0 unspecified atom stereocenters. The highest BCUT2D eigenvalue weighted by Gasteiger charge is 2.01. The summed E-state index contributed by atoms with van der Waals surface area (Å²) in [6.07, 6.45) is 1.55. The number of hydrogen-bond acceptors (Lipinski definition) is 2. The van der Waals surface area contributed by atoms with E-state index in [1.165, 1.54) is 0 Å². The van der Waals surface area contributed by atoms with Crippen molar-refractivity contribution in [1.29, 1.82) is 0 Å². The van der Waals surface area contributed by atoms with Crippen molar-refractivity contribution >= 4 is 5.91 Å². The lowest BCUT2D eigenvalue weighted by atomic mass is 10.2. The number of carbonyl (C=O) groups excluding carboxylic acids is 1. The Bertz CT molecular complexity index is 155. The second kappa shape index (κ2) is 7.80. The first-order chi connectivity index (χ1) is 6.52. The summed E-state index contributed by atoms with van der Waals surface area (Å²) >= 11 is 0. The van der Waals surface area contributed by atoms with E-state index in [9.17, 15) is 4.79 Å². The van der Waals surface area contributed by atoms with Crippen LogP contribution >= 0.6 is 0 Å². The molecule has 2 N–H and O–H groups in total. The Balaban J connectivity index is 3.27. The first-order valence-corrected chi connectivity index (χ1v) is 5.52. The highest BCUT2D eigenvalue weighted by Crippen LogP contribution is 1.91. The molecule has 84 valence electrons. The van der Waals surface area contributed by atoms with Gasteiger partial charge in [-0.25, -0.2) is 0 Å². The smallest absolute Gasteiger partial charge is 0.220 e. The number of rotatable bonds is 7. The molecule has 0 aromatic carbocycles. The van der Waals surface area contributed by atoms with Crippen LogP contribution in [0.2, 0.25) is 0 Å². The molecule has 0 bridgehead atoms. The predicted molar refractivity (Wildman–Crippen MR) is 60.2 cm³/mol. The van der Waals surface area contributed by atoms with E-state index in [2.05, 4.69) is 38.3 Å². The zero-order chi connectivity index (χ0) is 11.0. The quantitative estimate of drug-likeness (QED) is 0.612. The summed E-state index contributed by atoms with van der Waals surface area (Å²) in [4.78, 5) is 11.3. The standard InChI is InChI=1S/C11H24N2O/c1-9(2)8-13-11(14)6-5-7-12-10(3)4/h9-10,12H,5-8H2,1-4H3,(H,13,14). The van der Waals surface area contributed by atoms with E-state index in [1.54, 1.807) is 0 Å². The Morgan fingerprint density at radius 2 is 1.86 bits per heavy atom. The molecule has 0 aliphatic heterocycles. The van der Waals surface area contributed by atoms with Gasteiger partial charge in [-0.2, -0.15) is 0 Å². The Morgan fingerprint density at radius 3 is 2.36 bits per heavy atom. The molecule has 0 aliphatic rings. The van der Waals surface area contributed by atoms with Crippen molar-refractivity contribution in [3.05, 3.63) is 0 Å². The fourth-order valence-corrected chi connectivity index (χ4v) is 1.05.